The van der Waals surface area contributed by atoms with E-state index in [1.807, 2.05) is 6.07 Å². The molecule has 0 spiro atoms. The molecule has 0 fully saturated rings. The van der Waals surface area contributed by atoms with Gasteiger partial charge in [0.1, 0.15) is 11.9 Å². The number of likely N-dealkylation sites (N-methyl/N-ethyl adjacent to an activating group) is 1. The molecule has 3 rings (SSSR count). The summed E-state index contributed by atoms with van der Waals surface area (Å²) in [6, 6.07) is 10.5. The van der Waals surface area contributed by atoms with E-state index in [0.717, 1.165) is 19.5 Å². The Bertz CT molecular complexity index is 610. The van der Waals surface area contributed by atoms with E-state index in [1.165, 1.54) is 16.8 Å². The highest BCUT2D eigenvalue weighted by Gasteiger charge is 2.17. The molecule has 0 saturated carbocycles. The van der Waals surface area contributed by atoms with Crippen molar-refractivity contribution in [3.63, 3.8) is 0 Å². The van der Waals surface area contributed by atoms with E-state index in [-0.39, 0.29) is 6.04 Å². The van der Waals surface area contributed by atoms with Gasteiger partial charge in [0.25, 0.3) is 0 Å². The average Bonchev–Trinajstić information content (AvgIpc) is 3.15. The number of anilines is 1. The van der Waals surface area contributed by atoms with Crippen LogP contribution in [0.15, 0.2) is 41.0 Å². The molecule has 0 bridgehead atoms. The molecule has 1 aliphatic rings. The number of fused-ring (bicyclic) bond motifs is 1. The quantitative estimate of drug-likeness (QED) is 0.861. The fourth-order valence-electron chi connectivity index (χ4n) is 3.04. The van der Waals surface area contributed by atoms with Gasteiger partial charge in [-0.05, 0) is 49.1 Å². The minimum Gasteiger partial charge on any atom is -0.467 e. The molecule has 2 heterocycles. The van der Waals surface area contributed by atoms with Gasteiger partial charge in [0.05, 0.1) is 6.26 Å². The number of aliphatic hydroxyl groups is 1. The van der Waals surface area contributed by atoms with Gasteiger partial charge in [0.15, 0.2) is 0 Å². The van der Waals surface area contributed by atoms with Crippen molar-refractivity contribution in [1.29, 1.82) is 0 Å². The number of nitrogens with zero attached hydrogens (tertiary/aromatic N) is 1. The Morgan fingerprint density at radius 1 is 1.36 bits per heavy atom. The first-order valence-electron chi connectivity index (χ1n) is 7.91. The summed E-state index contributed by atoms with van der Waals surface area (Å²) < 4.78 is 5.24. The first kappa shape index (κ1) is 15.1. The van der Waals surface area contributed by atoms with E-state index in [4.69, 9.17) is 4.42 Å². The van der Waals surface area contributed by atoms with Gasteiger partial charge in [0, 0.05) is 31.9 Å². The molecule has 2 atom stereocenters. The highest BCUT2D eigenvalue weighted by molar-refractivity contribution is 5.58. The van der Waals surface area contributed by atoms with Gasteiger partial charge < -0.3 is 19.7 Å². The third kappa shape index (κ3) is 3.34. The highest BCUT2D eigenvalue weighted by atomic mass is 16.4. The zero-order valence-electron chi connectivity index (χ0n) is 13.2. The van der Waals surface area contributed by atoms with Crippen LogP contribution in [0.2, 0.25) is 0 Å². The molecule has 2 aromatic rings. The van der Waals surface area contributed by atoms with Crippen molar-refractivity contribution in [2.75, 3.05) is 18.5 Å². The molecule has 2 unspecified atom stereocenters. The van der Waals surface area contributed by atoms with Gasteiger partial charge in [0.2, 0.25) is 0 Å². The molecule has 1 aromatic carbocycles. The normalized spacial score (nSPS) is 16.6. The molecular weight excluding hydrogens is 276 g/mol. The van der Waals surface area contributed by atoms with Gasteiger partial charge >= 0.3 is 0 Å². The number of hydrogen-bond acceptors (Lipinski definition) is 4. The van der Waals surface area contributed by atoms with Gasteiger partial charge in [-0.25, -0.2) is 0 Å². The van der Waals surface area contributed by atoms with E-state index in [9.17, 15) is 5.11 Å². The highest BCUT2D eigenvalue weighted by Crippen LogP contribution is 2.27. The third-order valence-corrected chi connectivity index (χ3v) is 4.37. The first-order chi connectivity index (χ1) is 10.6. The Morgan fingerprint density at radius 2 is 2.23 bits per heavy atom. The Labute approximate surface area is 131 Å². The van der Waals surface area contributed by atoms with Crippen molar-refractivity contribution in [1.82, 2.24) is 5.32 Å². The number of benzene rings is 1. The fraction of sp³-hybridized carbons (Fsp3) is 0.444. The van der Waals surface area contributed by atoms with Crippen molar-refractivity contribution in [3.05, 3.63) is 53.5 Å². The number of furan rings is 1. The van der Waals surface area contributed by atoms with Crippen LogP contribution >= 0.6 is 0 Å². The molecule has 0 saturated heterocycles. The van der Waals surface area contributed by atoms with E-state index in [0.29, 0.717) is 12.2 Å². The maximum atomic E-state index is 10.1. The summed E-state index contributed by atoms with van der Waals surface area (Å²) in [6.07, 6.45) is 2.82. The number of aliphatic hydroxyl groups excluding tert-OH is 1. The summed E-state index contributed by atoms with van der Waals surface area (Å²) in [5.74, 6) is 0.634. The van der Waals surface area contributed by atoms with Crippen LogP contribution in [-0.2, 0) is 13.0 Å². The summed E-state index contributed by atoms with van der Waals surface area (Å²) in [7, 11) is 2.14. The van der Waals surface area contributed by atoms with Crippen LogP contribution in [0, 0.1) is 0 Å². The van der Waals surface area contributed by atoms with E-state index in [2.05, 4.69) is 42.4 Å². The molecule has 1 aliphatic heterocycles. The lowest BCUT2D eigenvalue weighted by molar-refractivity contribution is 0.128. The molecule has 0 amide bonds. The Hall–Kier alpha value is -1.78. The lowest BCUT2D eigenvalue weighted by Gasteiger charge is -2.17. The van der Waals surface area contributed by atoms with Crippen molar-refractivity contribution < 1.29 is 9.52 Å². The Kier molecular flexibility index (Phi) is 4.50. The van der Waals surface area contributed by atoms with Gasteiger partial charge in [-0.2, -0.15) is 0 Å². The Balaban J connectivity index is 1.52. The van der Waals surface area contributed by atoms with Crippen LogP contribution < -0.4 is 10.2 Å². The smallest absolute Gasteiger partial charge is 0.132 e. The molecule has 118 valence electrons. The lowest BCUT2D eigenvalue weighted by Crippen LogP contribution is -2.27. The summed E-state index contributed by atoms with van der Waals surface area (Å²) >= 11 is 0. The predicted octanol–water partition coefficient (Wildman–Crippen LogP) is 2.87. The second kappa shape index (κ2) is 6.55. The maximum Gasteiger partial charge on any atom is 0.132 e. The summed E-state index contributed by atoms with van der Waals surface area (Å²) in [4.78, 5) is 2.30. The number of nitrogens with one attached hydrogen (secondary N) is 1. The standard InChI is InChI=1S/C18H24N2O2/c1-13(10-17(21)18-4-3-9-22-18)19-12-14-5-6-16-15(11-14)7-8-20(16)2/h3-6,9,11,13,17,19,21H,7-8,10,12H2,1-2H3. The second-order valence-corrected chi connectivity index (χ2v) is 6.18. The lowest BCUT2D eigenvalue weighted by atomic mass is 10.1. The monoisotopic (exact) mass is 300 g/mol. The largest absolute Gasteiger partial charge is 0.467 e. The Morgan fingerprint density at radius 3 is 3.00 bits per heavy atom. The average molecular weight is 300 g/mol. The topological polar surface area (TPSA) is 48.6 Å². The van der Waals surface area contributed by atoms with Crippen LogP contribution in [0.3, 0.4) is 0 Å². The summed E-state index contributed by atoms with van der Waals surface area (Å²) in [5, 5.41) is 13.6. The fourth-order valence-corrected chi connectivity index (χ4v) is 3.04. The number of hydrogen-bond donors (Lipinski definition) is 2. The zero-order chi connectivity index (χ0) is 15.5. The number of rotatable bonds is 6. The van der Waals surface area contributed by atoms with Gasteiger partial charge in [-0.1, -0.05) is 12.1 Å². The van der Waals surface area contributed by atoms with Crippen LogP contribution in [0.5, 0.6) is 0 Å². The molecule has 4 nitrogen and oxygen atoms in total. The van der Waals surface area contributed by atoms with Crippen LogP contribution in [0.1, 0.15) is 36.3 Å². The van der Waals surface area contributed by atoms with E-state index in [1.54, 1.807) is 12.3 Å². The van der Waals surface area contributed by atoms with Gasteiger partial charge in [-0.3, -0.25) is 0 Å². The molecule has 22 heavy (non-hydrogen) atoms. The van der Waals surface area contributed by atoms with Gasteiger partial charge in [-0.15, -0.1) is 0 Å². The molecule has 2 N–H and O–H groups in total. The summed E-state index contributed by atoms with van der Waals surface area (Å²) in [5.41, 5.74) is 4.09. The maximum absolute atomic E-state index is 10.1. The minimum atomic E-state index is -0.550. The molecule has 1 aromatic heterocycles. The van der Waals surface area contributed by atoms with Crippen LogP contribution in [0.4, 0.5) is 5.69 Å². The van der Waals surface area contributed by atoms with Crippen molar-refractivity contribution >= 4 is 5.69 Å². The summed E-state index contributed by atoms with van der Waals surface area (Å²) in [6.45, 7) is 4.02. The van der Waals surface area contributed by atoms with Crippen LogP contribution in [-0.4, -0.2) is 24.7 Å². The zero-order valence-corrected chi connectivity index (χ0v) is 13.2. The van der Waals surface area contributed by atoms with Crippen molar-refractivity contribution in [2.24, 2.45) is 0 Å². The molecule has 4 heteroatoms. The van der Waals surface area contributed by atoms with Crippen LogP contribution in [0.25, 0.3) is 0 Å². The predicted molar refractivity (Wildman–Crippen MR) is 88.0 cm³/mol. The SMILES string of the molecule is CC(CC(O)c1ccco1)NCc1ccc2c(c1)CCN2C. The molecule has 0 aliphatic carbocycles. The van der Waals surface area contributed by atoms with Crippen molar-refractivity contribution in [3.8, 4) is 0 Å². The van der Waals surface area contributed by atoms with E-state index < -0.39 is 6.10 Å². The minimum absolute atomic E-state index is 0.219. The first-order valence-corrected chi connectivity index (χ1v) is 7.91. The third-order valence-electron chi connectivity index (χ3n) is 4.37. The van der Waals surface area contributed by atoms with Crippen molar-refractivity contribution in [2.45, 2.75) is 38.5 Å². The molecule has 0 radical (unpaired) electrons. The molecular formula is C18H24N2O2. The second-order valence-electron chi connectivity index (χ2n) is 6.18. The van der Waals surface area contributed by atoms with E-state index >= 15 is 0 Å².